The van der Waals surface area contributed by atoms with Crippen LogP contribution in [-0.4, -0.2) is 22.6 Å². The molecule has 17 heavy (non-hydrogen) atoms. The van der Waals surface area contributed by atoms with Crippen molar-refractivity contribution in [3.8, 4) is 0 Å². The zero-order valence-electron chi connectivity index (χ0n) is 10.8. The van der Waals surface area contributed by atoms with Gasteiger partial charge >= 0.3 is 0 Å². The summed E-state index contributed by atoms with van der Waals surface area (Å²) >= 11 is 0. The number of nitrogens with one attached hydrogen (secondary N) is 1. The summed E-state index contributed by atoms with van der Waals surface area (Å²) in [5.41, 5.74) is 2.63. The lowest BCUT2D eigenvalue weighted by Crippen LogP contribution is -2.31. The molecule has 0 bridgehead atoms. The Labute approximate surface area is 102 Å². The Morgan fingerprint density at radius 3 is 2.65 bits per heavy atom. The van der Waals surface area contributed by atoms with Crippen molar-refractivity contribution in [1.29, 1.82) is 0 Å². The highest BCUT2D eigenvalue weighted by atomic mass is 15.3. The van der Waals surface area contributed by atoms with Crippen LogP contribution in [-0.2, 0) is 0 Å². The highest BCUT2D eigenvalue weighted by Gasteiger charge is 2.28. The minimum atomic E-state index is 0.424. The molecule has 1 fully saturated rings. The van der Waals surface area contributed by atoms with Gasteiger partial charge in [-0.15, -0.1) is 0 Å². The quantitative estimate of drug-likeness (QED) is 0.602. The third kappa shape index (κ3) is 2.66. The fourth-order valence-corrected chi connectivity index (χ4v) is 1.99. The zero-order chi connectivity index (χ0) is 12.4. The van der Waals surface area contributed by atoms with Crippen LogP contribution in [0, 0.1) is 0 Å². The number of anilines is 2. The van der Waals surface area contributed by atoms with Gasteiger partial charge in [0.15, 0.2) is 0 Å². The van der Waals surface area contributed by atoms with Crippen LogP contribution in [0.25, 0.3) is 0 Å². The van der Waals surface area contributed by atoms with Gasteiger partial charge in [-0.05, 0) is 33.6 Å². The molecule has 0 radical (unpaired) electrons. The summed E-state index contributed by atoms with van der Waals surface area (Å²) in [4.78, 5) is 11.3. The van der Waals surface area contributed by atoms with E-state index in [4.69, 9.17) is 5.84 Å². The smallest absolute Gasteiger partial charge is 0.145 e. The van der Waals surface area contributed by atoms with Gasteiger partial charge in [0.05, 0.1) is 0 Å². The highest BCUT2D eigenvalue weighted by Crippen LogP contribution is 2.39. The molecule has 0 saturated heterocycles. The van der Waals surface area contributed by atoms with E-state index in [1.54, 1.807) is 0 Å². The number of aromatic nitrogens is 2. The molecule has 1 saturated carbocycles. The molecule has 1 aromatic heterocycles. The van der Waals surface area contributed by atoms with Crippen molar-refractivity contribution in [3.63, 3.8) is 0 Å². The first-order valence-electron chi connectivity index (χ1n) is 6.28. The van der Waals surface area contributed by atoms with Crippen LogP contribution in [0.3, 0.4) is 0 Å². The zero-order valence-corrected chi connectivity index (χ0v) is 10.8. The van der Waals surface area contributed by atoms with Crippen LogP contribution in [0.4, 0.5) is 11.6 Å². The number of rotatable bonds is 5. The number of nitrogens with zero attached hydrogens (tertiary/aromatic N) is 3. The molecule has 0 spiro atoms. The Balaban J connectivity index is 2.34. The standard InChI is InChI=1S/C12H21N5/c1-4-17(8(2)3)11-7-10(16-13)14-12(15-11)9-5-6-9/h7-9H,4-6,13H2,1-3H3,(H,14,15,16). The topological polar surface area (TPSA) is 67.1 Å². The van der Waals surface area contributed by atoms with Crippen LogP contribution in [0.1, 0.15) is 45.4 Å². The van der Waals surface area contributed by atoms with Crippen LogP contribution >= 0.6 is 0 Å². The van der Waals surface area contributed by atoms with Gasteiger partial charge in [0.2, 0.25) is 0 Å². The third-order valence-corrected chi connectivity index (χ3v) is 3.08. The van der Waals surface area contributed by atoms with E-state index in [1.807, 2.05) is 6.07 Å². The summed E-state index contributed by atoms with van der Waals surface area (Å²) in [6.45, 7) is 7.40. The minimum absolute atomic E-state index is 0.424. The summed E-state index contributed by atoms with van der Waals surface area (Å²) in [6.07, 6.45) is 2.39. The Morgan fingerprint density at radius 1 is 1.47 bits per heavy atom. The van der Waals surface area contributed by atoms with Crippen molar-refractivity contribution in [2.75, 3.05) is 16.9 Å². The van der Waals surface area contributed by atoms with Crippen molar-refractivity contribution in [1.82, 2.24) is 9.97 Å². The van der Waals surface area contributed by atoms with Gasteiger partial charge in [0, 0.05) is 24.6 Å². The lowest BCUT2D eigenvalue weighted by Gasteiger charge is -2.26. The average Bonchev–Trinajstić information content (AvgIpc) is 3.13. The van der Waals surface area contributed by atoms with E-state index in [2.05, 4.69) is 41.1 Å². The van der Waals surface area contributed by atoms with Gasteiger partial charge in [0.1, 0.15) is 17.5 Å². The van der Waals surface area contributed by atoms with Gasteiger partial charge in [-0.25, -0.2) is 15.8 Å². The summed E-state index contributed by atoms with van der Waals surface area (Å²) < 4.78 is 0. The summed E-state index contributed by atoms with van der Waals surface area (Å²) in [5.74, 6) is 8.60. The lowest BCUT2D eigenvalue weighted by atomic mass is 10.3. The number of nitrogens with two attached hydrogens (primary N) is 1. The second-order valence-electron chi connectivity index (χ2n) is 4.77. The van der Waals surface area contributed by atoms with Crippen LogP contribution in [0.5, 0.6) is 0 Å². The van der Waals surface area contributed by atoms with Crippen molar-refractivity contribution in [3.05, 3.63) is 11.9 Å². The second-order valence-corrected chi connectivity index (χ2v) is 4.77. The van der Waals surface area contributed by atoms with Gasteiger partial charge in [-0.3, -0.25) is 0 Å². The normalized spacial score (nSPS) is 15.1. The van der Waals surface area contributed by atoms with E-state index in [-0.39, 0.29) is 0 Å². The summed E-state index contributed by atoms with van der Waals surface area (Å²) in [6, 6.07) is 2.34. The molecule has 0 atom stereocenters. The molecule has 1 aliphatic carbocycles. The maximum atomic E-state index is 5.47. The summed E-state index contributed by atoms with van der Waals surface area (Å²) in [7, 11) is 0. The number of nitrogen functional groups attached to an aromatic ring is 1. The lowest BCUT2D eigenvalue weighted by molar-refractivity contribution is 0.688. The Hall–Kier alpha value is -1.36. The maximum Gasteiger partial charge on any atom is 0.145 e. The van der Waals surface area contributed by atoms with Crippen molar-refractivity contribution in [2.24, 2.45) is 5.84 Å². The highest BCUT2D eigenvalue weighted by molar-refractivity contribution is 5.49. The second kappa shape index (κ2) is 4.87. The Kier molecular flexibility index (Phi) is 3.47. The van der Waals surface area contributed by atoms with Crippen molar-refractivity contribution in [2.45, 2.75) is 45.6 Å². The largest absolute Gasteiger partial charge is 0.354 e. The summed E-state index contributed by atoms with van der Waals surface area (Å²) in [5, 5.41) is 0. The maximum absolute atomic E-state index is 5.47. The predicted molar refractivity (Wildman–Crippen MR) is 70.0 cm³/mol. The van der Waals surface area contributed by atoms with Crippen molar-refractivity contribution >= 4 is 11.6 Å². The van der Waals surface area contributed by atoms with Crippen LogP contribution in [0.2, 0.25) is 0 Å². The molecule has 5 heteroatoms. The molecule has 3 N–H and O–H groups in total. The predicted octanol–water partition coefficient (Wildman–Crippen LogP) is 1.87. The molecule has 0 aromatic carbocycles. The van der Waals surface area contributed by atoms with E-state index in [0.717, 1.165) is 18.2 Å². The monoisotopic (exact) mass is 235 g/mol. The van der Waals surface area contributed by atoms with E-state index in [9.17, 15) is 0 Å². The van der Waals surface area contributed by atoms with Crippen LogP contribution in [0.15, 0.2) is 6.07 Å². The molecule has 0 aliphatic heterocycles. The molecule has 0 unspecified atom stereocenters. The number of hydrazine groups is 1. The fourth-order valence-electron chi connectivity index (χ4n) is 1.99. The number of hydrogen-bond acceptors (Lipinski definition) is 5. The molecule has 2 rings (SSSR count). The molecule has 1 heterocycles. The first-order valence-corrected chi connectivity index (χ1v) is 6.28. The van der Waals surface area contributed by atoms with Crippen molar-refractivity contribution < 1.29 is 0 Å². The minimum Gasteiger partial charge on any atom is -0.354 e. The van der Waals surface area contributed by atoms with Crippen LogP contribution < -0.4 is 16.2 Å². The average molecular weight is 235 g/mol. The van der Waals surface area contributed by atoms with E-state index < -0.39 is 0 Å². The van der Waals surface area contributed by atoms with E-state index >= 15 is 0 Å². The third-order valence-electron chi connectivity index (χ3n) is 3.08. The van der Waals surface area contributed by atoms with Gasteiger partial charge in [-0.1, -0.05) is 0 Å². The molecule has 94 valence electrons. The molecular weight excluding hydrogens is 214 g/mol. The van der Waals surface area contributed by atoms with Gasteiger partial charge < -0.3 is 10.3 Å². The first-order chi connectivity index (χ1) is 8.15. The first kappa shape index (κ1) is 12.1. The molecule has 0 amide bonds. The molecule has 1 aromatic rings. The molecule has 5 nitrogen and oxygen atoms in total. The fraction of sp³-hybridized carbons (Fsp3) is 0.667. The Morgan fingerprint density at radius 2 is 2.18 bits per heavy atom. The van der Waals surface area contributed by atoms with E-state index in [1.165, 1.54) is 12.8 Å². The number of hydrogen-bond donors (Lipinski definition) is 2. The SMILES string of the molecule is CCN(c1cc(NN)nc(C2CC2)n1)C(C)C. The van der Waals surface area contributed by atoms with E-state index in [0.29, 0.717) is 17.8 Å². The Bertz CT molecular complexity index is 386. The molecular formula is C12H21N5. The van der Waals surface area contributed by atoms with Gasteiger partial charge in [-0.2, -0.15) is 0 Å². The van der Waals surface area contributed by atoms with Gasteiger partial charge in [0.25, 0.3) is 0 Å². The molecule has 1 aliphatic rings.